The van der Waals surface area contributed by atoms with Gasteiger partial charge < -0.3 is 8.98 Å². The van der Waals surface area contributed by atoms with Gasteiger partial charge in [0.2, 0.25) is 0 Å². The summed E-state index contributed by atoms with van der Waals surface area (Å²) in [6.45, 7) is 0. The Balaban J connectivity index is 1.19. The normalized spacial score (nSPS) is 11.8. The molecule has 7 aromatic carbocycles. The maximum atomic E-state index is 6.94. The van der Waals surface area contributed by atoms with E-state index in [1.54, 1.807) is 0 Å². The molecule has 0 N–H and O–H groups in total. The Hall–Kier alpha value is -6.30. The highest BCUT2D eigenvalue weighted by Gasteiger charge is 2.19. The minimum Gasteiger partial charge on any atom is -0.454 e. The summed E-state index contributed by atoms with van der Waals surface area (Å²) in [7, 11) is 0. The van der Waals surface area contributed by atoms with E-state index in [1.165, 1.54) is 0 Å². The Kier molecular flexibility index (Phi) is 6.16. The third-order valence-electron chi connectivity index (χ3n) is 9.26. The van der Waals surface area contributed by atoms with E-state index >= 15 is 0 Å². The molecular weight excluding hydrogens is 624 g/mol. The summed E-state index contributed by atoms with van der Waals surface area (Å²) in [5.41, 5.74) is 7.40. The van der Waals surface area contributed by atoms with Crippen LogP contribution < -0.4 is 0 Å². The lowest BCUT2D eigenvalue weighted by Crippen LogP contribution is -2.00. The molecule has 0 amide bonds. The number of hydrogen-bond acceptors (Lipinski definition) is 4. The summed E-state index contributed by atoms with van der Waals surface area (Å²) in [6, 6.07) is 51.9. The Labute approximate surface area is 285 Å². The van der Waals surface area contributed by atoms with Crippen molar-refractivity contribution >= 4 is 66.1 Å². The van der Waals surface area contributed by atoms with Crippen LogP contribution in [-0.2, 0) is 0 Å². The maximum absolute atomic E-state index is 6.94. The molecule has 230 valence electrons. The van der Waals surface area contributed by atoms with E-state index in [2.05, 4.69) is 102 Å². The molecular formula is C43H25ClN4O. The van der Waals surface area contributed by atoms with Gasteiger partial charge in [-0.2, -0.15) is 0 Å². The molecule has 0 radical (unpaired) electrons. The van der Waals surface area contributed by atoms with Crippen molar-refractivity contribution in [1.82, 2.24) is 19.5 Å². The van der Waals surface area contributed by atoms with Gasteiger partial charge in [0.1, 0.15) is 5.58 Å². The van der Waals surface area contributed by atoms with Gasteiger partial charge in [0.15, 0.2) is 23.1 Å². The number of aromatic nitrogens is 4. The highest BCUT2D eigenvalue weighted by atomic mass is 35.5. The average molecular weight is 649 g/mol. The van der Waals surface area contributed by atoms with Crippen LogP contribution in [0.4, 0.5) is 0 Å². The summed E-state index contributed by atoms with van der Waals surface area (Å²) >= 11 is 6.94. The maximum Gasteiger partial charge on any atom is 0.164 e. The smallest absolute Gasteiger partial charge is 0.164 e. The first-order valence-electron chi connectivity index (χ1n) is 16.1. The number of halogens is 1. The van der Waals surface area contributed by atoms with Crippen molar-refractivity contribution in [2.75, 3.05) is 0 Å². The van der Waals surface area contributed by atoms with Gasteiger partial charge in [-0.25, -0.2) is 15.0 Å². The standard InChI is InChI=1S/C43H25ClN4O/c44-36-24-30(23-35-34-21-27-13-7-8-14-28(27)25-39(34)49-40(35)36)43-46-41(26-11-3-1-4-12-26)45-42(47-43)29-19-20-38-33(22-29)32-17-9-10-18-37(32)48(38)31-15-5-2-6-16-31/h1-25H. The number of nitrogens with zero attached hydrogens (tertiary/aromatic N) is 4. The van der Waals surface area contributed by atoms with Crippen LogP contribution in [0.1, 0.15) is 0 Å². The second-order valence-electron chi connectivity index (χ2n) is 12.2. The Morgan fingerprint density at radius 3 is 1.86 bits per heavy atom. The molecule has 5 nitrogen and oxygen atoms in total. The molecule has 3 aromatic heterocycles. The molecule has 49 heavy (non-hydrogen) atoms. The molecule has 0 aliphatic rings. The van der Waals surface area contributed by atoms with Gasteiger partial charge in [0.25, 0.3) is 0 Å². The number of benzene rings is 7. The van der Waals surface area contributed by atoms with Crippen molar-refractivity contribution < 1.29 is 4.42 Å². The largest absolute Gasteiger partial charge is 0.454 e. The van der Waals surface area contributed by atoms with E-state index in [0.29, 0.717) is 28.1 Å². The number of hydrogen-bond donors (Lipinski definition) is 0. The van der Waals surface area contributed by atoms with Gasteiger partial charge in [-0.15, -0.1) is 0 Å². The van der Waals surface area contributed by atoms with Crippen LogP contribution in [0.25, 0.3) is 94.4 Å². The number of furan rings is 1. The molecule has 0 atom stereocenters. The lowest BCUT2D eigenvalue weighted by Gasteiger charge is -2.10. The van der Waals surface area contributed by atoms with Crippen LogP contribution >= 0.6 is 11.6 Å². The highest BCUT2D eigenvalue weighted by molar-refractivity contribution is 6.36. The van der Waals surface area contributed by atoms with Crippen molar-refractivity contribution in [2.45, 2.75) is 0 Å². The monoisotopic (exact) mass is 648 g/mol. The summed E-state index contributed by atoms with van der Waals surface area (Å²) in [6.07, 6.45) is 0. The predicted molar refractivity (Wildman–Crippen MR) is 200 cm³/mol. The first-order valence-corrected chi connectivity index (χ1v) is 16.5. The van der Waals surface area contributed by atoms with Crippen molar-refractivity contribution in [2.24, 2.45) is 0 Å². The van der Waals surface area contributed by atoms with Crippen LogP contribution in [-0.4, -0.2) is 19.5 Å². The van der Waals surface area contributed by atoms with Gasteiger partial charge >= 0.3 is 0 Å². The van der Waals surface area contributed by atoms with E-state index in [4.69, 9.17) is 31.0 Å². The van der Waals surface area contributed by atoms with Gasteiger partial charge in [-0.05, 0) is 71.4 Å². The quantitative estimate of drug-likeness (QED) is 0.190. The lowest BCUT2D eigenvalue weighted by atomic mass is 10.0. The molecule has 6 heteroatoms. The molecule has 0 saturated carbocycles. The van der Waals surface area contributed by atoms with Gasteiger partial charge in [-0.1, -0.05) is 103 Å². The second-order valence-corrected chi connectivity index (χ2v) is 12.6. The summed E-state index contributed by atoms with van der Waals surface area (Å²) in [5, 5.41) is 6.96. The fourth-order valence-corrected chi connectivity index (χ4v) is 7.23. The van der Waals surface area contributed by atoms with Crippen LogP contribution in [0.2, 0.25) is 5.02 Å². The highest BCUT2D eigenvalue weighted by Crippen LogP contribution is 2.39. The zero-order valence-electron chi connectivity index (χ0n) is 26.0. The summed E-state index contributed by atoms with van der Waals surface area (Å²) < 4.78 is 8.60. The molecule has 0 fully saturated rings. The SMILES string of the molecule is Clc1cc(-c2nc(-c3ccccc3)nc(-c3ccc4c(c3)c3ccccc3n4-c3ccccc3)n2)cc2c1oc1cc3ccccc3cc12. The zero-order chi connectivity index (χ0) is 32.5. The average Bonchev–Trinajstić information content (AvgIpc) is 3.69. The Morgan fingerprint density at radius 1 is 0.449 bits per heavy atom. The van der Waals surface area contributed by atoms with Crippen LogP contribution in [0.5, 0.6) is 0 Å². The molecule has 0 spiro atoms. The minimum absolute atomic E-state index is 0.506. The molecule has 0 unspecified atom stereocenters. The van der Waals surface area contributed by atoms with Crippen molar-refractivity contribution in [3.8, 4) is 39.9 Å². The van der Waals surface area contributed by atoms with E-state index in [1.807, 2.05) is 54.6 Å². The van der Waals surface area contributed by atoms with E-state index in [-0.39, 0.29) is 0 Å². The minimum atomic E-state index is 0.506. The third-order valence-corrected chi connectivity index (χ3v) is 9.55. The summed E-state index contributed by atoms with van der Waals surface area (Å²) in [5.74, 6) is 1.71. The molecule has 10 aromatic rings. The molecule has 0 saturated heterocycles. The number of rotatable bonds is 4. The van der Waals surface area contributed by atoms with E-state index < -0.39 is 0 Å². The van der Waals surface area contributed by atoms with Crippen molar-refractivity contribution in [1.29, 1.82) is 0 Å². The Morgan fingerprint density at radius 2 is 1.06 bits per heavy atom. The number of fused-ring (bicyclic) bond motifs is 7. The Bertz CT molecular complexity index is 2890. The van der Waals surface area contributed by atoms with E-state index in [9.17, 15) is 0 Å². The van der Waals surface area contributed by atoms with Crippen molar-refractivity contribution in [3.63, 3.8) is 0 Å². The van der Waals surface area contributed by atoms with Crippen LogP contribution in [0, 0.1) is 0 Å². The fourth-order valence-electron chi connectivity index (χ4n) is 6.97. The first-order chi connectivity index (χ1) is 24.2. The molecule has 0 bridgehead atoms. The summed E-state index contributed by atoms with van der Waals surface area (Å²) in [4.78, 5) is 15.1. The second kappa shape index (κ2) is 10.9. The van der Waals surface area contributed by atoms with Crippen LogP contribution in [0.15, 0.2) is 156 Å². The predicted octanol–water partition coefficient (Wildman–Crippen LogP) is 11.7. The first kappa shape index (κ1) is 27.8. The number of para-hydroxylation sites is 2. The topological polar surface area (TPSA) is 56.7 Å². The van der Waals surface area contributed by atoms with Gasteiger partial charge in [-0.3, -0.25) is 0 Å². The zero-order valence-corrected chi connectivity index (χ0v) is 26.8. The van der Waals surface area contributed by atoms with Gasteiger partial charge in [0, 0.05) is 43.9 Å². The fraction of sp³-hybridized carbons (Fsp3) is 0. The molecule has 0 aliphatic carbocycles. The molecule has 3 heterocycles. The van der Waals surface area contributed by atoms with Gasteiger partial charge in [0.05, 0.1) is 16.1 Å². The lowest BCUT2D eigenvalue weighted by molar-refractivity contribution is 0.669. The molecule has 0 aliphatic heterocycles. The third kappa shape index (κ3) is 4.51. The van der Waals surface area contributed by atoms with Crippen LogP contribution in [0.3, 0.4) is 0 Å². The molecule has 10 rings (SSSR count). The van der Waals surface area contributed by atoms with E-state index in [0.717, 1.165) is 71.3 Å². The van der Waals surface area contributed by atoms with Crippen molar-refractivity contribution in [3.05, 3.63) is 157 Å².